The molecule has 0 amide bonds. The van der Waals surface area contributed by atoms with Crippen molar-refractivity contribution in [2.75, 3.05) is 40.4 Å². The predicted octanol–water partition coefficient (Wildman–Crippen LogP) is 2.46. The van der Waals surface area contributed by atoms with E-state index in [0.717, 1.165) is 63.5 Å². The fraction of sp³-hybridized carbons (Fsp3) is 0.611. The quantitative estimate of drug-likeness (QED) is 0.257. The summed E-state index contributed by atoms with van der Waals surface area (Å²) in [5.41, 5.74) is 1.28. The molecule has 7 heteroatoms. The number of nitro groups is 1. The first-order valence-corrected chi connectivity index (χ1v) is 8.83. The highest BCUT2D eigenvalue weighted by atomic mass is 16.6. The molecule has 1 aliphatic heterocycles. The average molecular weight is 348 g/mol. The molecule has 0 saturated carbocycles. The number of aryl methyl sites for hydroxylation is 1. The fourth-order valence-corrected chi connectivity index (χ4v) is 3.02. The minimum absolute atomic E-state index is 0.143. The maximum absolute atomic E-state index is 10.6. The Bertz CT molecular complexity index is 568. The van der Waals surface area contributed by atoms with Gasteiger partial charge in [0.25, 0.3) is 5.69 Å². The number of nitro benzene ring substituents is 1. The number of nitrogens with one attached hydrogen (secondary N) is 1. The van der Waals surface area contributed by atoms with Gasteiger partial charge in [-0.15, -0.1) is 0 Å². The number of hydrogen-bond donors (Lipinski definition) is 1. The molecular formula is C18H28N4O3. The van der Waals surface area contributed by atoms with E-state index >= 15 is 0 Å². The number of hydrogen-bond acceptors (Lipinski definition) is 4. The van der Waals surface area contributed by atoms with Crippen LogP contribution in [0.2, 0.25) is 0 Å². The van der Waals surface area contributed by atoms with Crippen molar-refractivity contribution < 1.29 is 9.66 Å². The van der Waals surface area contributed by atoms with Crippen LogP contribution in [0.4, 0.5) is 5.69 Å². The molecule has 138 valence electrons. The molecule has 1 unspecified atom stereocenters. The second kappa shape index (κ2) is 9.98. The normalized spacial score (nSPS) is 17.5. The molecule has 1 fully saturated rings. The van der Waals surface area contributed by atoms with E-state index in [2.05, 4.69) is 22.3 Å². The van der Waals surface area contributed by atoms with Crippen molar-refractivity contribution in [2.45, 2.75) is 25.7 Å². The molecule has 0 aliphatic carbocycles. The van der Waals surface area contributed by atoms with Crippen LogP contribution in [-0.4, -0.2) is 56.2 Å². The largest absolute Gasteiger partial charge is 0.381 e. The molecule has 1 atom stereocenters. The minimum Gasteiger partial charge on any atom is -0.381 e. The van der Waals surface area contributed by atoms with E-state index in [9.17, 15) is 10.1 Å². The first-order valence-electron chi connectivity index (χ1n) is 8.83. The average Bonchev–Trinajstić information content (AvgIpc) is 3.11. The molecule has 0 aromatic heterocycles. The summed E-state index contributed by atoms with van der Waals surface area (Å²) in [5, 5.41) is 14.0. The van der Waals surface area contributed by atoms with Crippen LogP contribution in [-0.2, 0) is 11.2 Å². The summed E-state index contributed by atoms with van der Waals surface area (Å²) in [6.45, 7) is 3.54. The van der Waals surface area contributed by atoms with Crippen LogP contribution in [0.3, 0.4) is 0 Å². The number of aliphatic imine (C=N–C) groups is 1. The third-order valence-corrected chi connectivity index (χ3v) is 4.45. The summed E-state index contributed by atoms with van der Waals surface area (Å²) in [5.74, 6) is 1.51. The van der Waals surface area contributed by atoms with Gasteiger partial charge in [0.05, 0.1) is 11.5 Å². The highest BCUT2D eigenvalue weighted by molar-refractivity contribution is 5.79. The summed E-state index contributed by atoms with van der Waals surface area (Å²) < 4.78 is 5.42. The fourth-order valence-electron chi connectivity index (χ4n) is 3.02. The van der Waals surface area contributed by atoms with Gasteiger partial charge in [0.15, 0.2) is 5.96 Å². The molecule has 0 spiro atoms. The second-order valence-corrected chi connectivity index (χ2v) is 6.46. The SMILES string of the molecule is CN=C(NCCCCc1ccc([N+](=O)[O-])cc1)N(C)CC1CCOC1. The van der Waals surface area contributed by atoms with Crippen LogP contribution in [0.25, 0.3) is 0 Å². The number of benzene rings is 1. The van der Waals surface area contributed by atoms with Crippen molar-refractivity contribution in [3.05, 3.63) is 39.9 Å². The van der Waals surface area contributed by atoms with Gasteiger partial charge >= 0.3 is 0 Å². The molecule has 1 aromatic carbocycles. The van der Waals surface area contributed by atoms with Crippen molar-refractivity contribution in [1.82, 2.24) is 10.2 Å². The van der Waals surface area contributed by atoms with E-state index in [0.29, 0.717) is 5.92 Å². The molecule has 25 heavy (non-hydrogen) atoms. The monoisotopic (exact) mass is 348 g/mol. The van der Waals surface area contributed by atoms with E-state index < -0.39 is 0 Å². The molecule has 7 nitrogen and oxygen atoms in total. The van der Waals surface area contributed by atoms with Crippen LogP contribution in [0.1, 0.15) is 24.8 Å². The van der Waals surface area contributed by atoms with E-state index in [1.165, 1.54) is 0 Å². The number of guanidine groups is 1. The van der Waals surface area contributed by atoms with Crippen molar-refractivity contribution in [2.24, 2.45) is 10.9 Å². The Morgan fingerprint density at radius 3 is 2.76 bits per heavy atom. The molecule has 1 heterocycles. The minimum atomic E-state index is -0.368. The van der Waals surface area contributed by atoms with Gasteiger partial charge < -0.3 is 15.0 Å². The summed E-state index contributed by atoms with van der Waals surface area (Å²) in [4.78, 5) is 16.8. The van der Waals surface area contributed by atoms with Crippen LogP contribution in [0.15, 0.2) is 29.3 Å². The van der Waals surface area contributed by atoms with Crippen LogP contribution in [0, 0.1) is 16.0 Å². The van der Waals surface area contributed by atoms with Gasteiger partial charge in [0.2, 0.25) is 0 Å². The lowest BCUT2D eigenvalue weighted by Crippen LogP contribution is -2.41. The zero-order chi connectivity index (χ0) is 18.1. The summed E-state index contributed by atoms with van der Waals surface area (Å²) in [6, 6.07) is 6.80. The number of unbranched alkanes of at least 4 members (excludes halogenated alkanes) is 1. The Kier molecular flexibility index (Phi) is 7.66. The first-order chi connectivity index (χ1) is 12.1. The Balaban J connectivity index is 1.64. The maximum atomic E-state index is 10.6. The lowest BCUT2D eigenvalue weighted by Gasteiger charge is -2.24. The summed E-state index contributed by atoms with van der Waals surface area (Å²) in [6.07, 6.45) is 4.10. The predicted molar refractivity (Wildman–Crippen MR) is 99.0 cm³/mol. The summed E-state index contributed by atoms with van der Waals surface area (Å²) in [7, 11) is 3.87. The van der Waals surface area contributed by atoms with Gasteiger partial charge in [0.1, 0.15) is 0 Å². The maximum Gasteiger partial charge on any atom is 0.269 e. The highest BCUT2D eigenvalue weighted by Crippen LogP contribution is 2.14. The number of nitrogens with zero attached hydrogens (tertiary/aromatic N) is 3. The molecule has 1 saturated heterocycles. The van der Waals surface area contributed by atoms with Crippen molar-refractivity contribution >= 4 is 11.6 Å². The van der Waals surface area contributed by atoms with Gasteiger partial charge in [-0.2, -0.15) is 0 Å². The number of ether oxygens (including phenoxy) is 1. The lowest BCUT2D eigenvalue weighted by atomic mass is 10.1. The first kappa shape index (κ1) is 19.2. The molecular weight excluding hydrogens is 320 g/mol. The van der Waals surface area contributed by atoms with Crippen molar-refractivity contribution in [3.8, 4) is 0 Å². The Hall–Kier alpha value is -2.15. The van der Waals surface area contributed by atoms with Crippen molar-refractivity contribution in [1.29, 1.82) is 0 Å². The second-order valence-electron chi connectivity index (χ2n) is 6.46. The van der Waals surface area contributed by atoms with Crippen LogP contribution >= 0.6 is 0 Å². The Morgan fingerprint density at radius 1 is 1.40 bits per heavy atom. The van der Waals surface area contributed by atoms with Crippen LogP contribution in [0.5, 0.6) is 0 Å². The molecule has 1 aliphatic rings. The third kappa shape index (κ3) is 6.34. The standard InChI is InChI=1S/C18H28N4O3/c1-19-18(21(2)13-16-10-12-25-14-16)20-11-4-3-5-15-6-8-17(9-7-15)22(23)24/h6-9,16H,3-5,10-14H2,1-2H3,(H,19,20). The summed E-state index contributed by atoms with van der Waals surface area (Å²) >= 11 is 0. The van der Waals surface area contributed by atoms with Gasteiger partial charge in [0, 0.05) is 51.8 Å². The number of non-ortho nitro benzene ring substituents is 1. The van der Waals surface area contributed by atoms with E-state index in [4.69, 9.17) is 4.74 Å². The van der Waals surface area contributed by atoms with E-state index in [1.54, 1.807) is 19.2 Å². The van der Waals surface area contributed by atoms with E-state index in [-0.39, 0.29) is 10.6 Å². The molecule has 2 rings (SSSR count). The molecule has 1 N–H and O–H groups in total. The highest BCUT2D eigenvalue weighted by Gasteiger charge is 2.18. The van der Waals surface area contributed by atoms with E-state index in [1.807, 2.05) is 12.1 Å². The lowest BCUT2D eigenvalue weighted by molar-refractivity contribution is -0.384. The topological polar surface area (TPSA) is 80.0 Å². The van der Waals surface area contributed by atoms with Gasteiger partial charge in [-0.1, -0.05) is 12.1 Å². The zero-order valence-electron chi connectivity index (χ0n) is 15.1. The molecule has 1 aromatic rings. The van der Waals surface area contributed by atoms with Gasteiger partial charge in [-0.3, -0.25) is 15.1 Å². The van der Waals surface area contributed by atoms with Gasteiger partial charge in [-0.25, -0.2) is 0 Å². The zero-order valence-corrected chi connectivity index (χ0v) is 15.1. The smallest absolute Gasteiger partial charge is 0.269 e. The third-order valence-electron chi connectivity index (χ3n) is 4.45. The molecule has 0 bridgehead atoms. The molecule has 0 radical (unpaired) electrons. The number of rotatable bonds is 8. The van der Waals surface area contributed by atoms with Gasteiger partial charge in [-0.05, 0) is 31.2 Å². The van der Waals surface area contributed by atoms with Crippen LogP contribution < -0.4 is 5.32 Å². The Labute approximate surface area is 149 Å². The van der Waals surface area contributed by atoms with Crippen molar-refractivity contribution in [3.63, 3.8) is 0 Å². The Morgan fingerprint density at radius 2 is 2.16 bits per heavy atom.